The highest BCUT2D eigenvalue weighted by Crippen LogP contribution is 2.29. The second-order valence-corrected chi connectivity index (χ2v) is 4.01. The molecule has 0 unspecified atom stereocenters. The van der Waals surface area contributed by atoms with Gasteiger partial charge < -0.3 is 5.73 Å². The smallest absolute Gasteiger partial charge is 0.149 e. The zero-order chi connectivity index (χ0) is 11.7. The van der Waals surface area contributed by atoms with E-state index in [1.165, 1.54) is 12.3 Å². The van der Waals surface area contributed by atoms with Crippen molar-refractivity contribution < 1.29 is 4.39 Å². The molecule has 2 aromatic rings. The number of rotatable bonds is 1. The van der Waals surface area contributed by atoms with Gasteiger partial charge in [-0.05, 0) is 12.1 Å². The van der Waals surface area contributed by atoms with E-state index in [2.05, 4.69) is 4.98 Å². The molecule has 0 aliphatic heterocycles. The van der Waals surface area contributed by atoms with E-state index in [9.17, 15) is 4.39 Å². The van der Waals surface area contributed by atoms with Crippen LogP contribution in [0.2, 0.25) is 10.0 Å². The Labute approximate surface area is 102 Å². The van der Waals surface area contributed by atoms with Gasteiger partial charge in [0.05, 0.1) is 10.0 Å². The van der Waals surface area contributed by atoms with E-state index in [4.69, 9.17) is 28.9 Å². The fraction of sp³-hybridized carbons (Fsp3) is 0. The standard InChI is InChI=1S/C11H7Cl2FN2/c12-8-3-1-2-7(10(8)14)6-4-9(13)11(15)16-5-6/h1-5H,(H2,15,16). The van der Waals surface area contributed by atoms with E-state index in [0.717, 1.165) is 0 Å². The Hall–Kier alpha value is -1.32. The van der Waals surface area contributed by atoms with Gasteiger partial charge in [0.2, 0.25) is 0 Å². The lowest BCUT2D eigenvalue weighted by Gasteiger charge is -2.05. The molecule has 2 N–H and O–H groups in total. The van der Waals surface area contributed by atoms with Gasteiger partial charge in [0.15, 0.2) is 0 Å². The molecule has 0 bridgehead atoms. The summed E-state index contributed by atoms with van der Waals surface area (Å²) in [5, 5.41) is 0.349. The summed E-state index contributed by atoms with van der Waals surface area (Å²) in [5.74, 6) is -0.278. The van der Waals surface area contributed by atoms with Crippen molar-refractivity contribution in [1.82, 2.24) is 4.98 Å². The molecule has 1 aromatic carbocycles. The minimum atomic E-state index is -0.494. The Balaban J connectivity index is 2.59. The van der Waals surface area contributed by atoms with E-state index in [1.807, 2.05) is 0 Å². The molecule has 2 rings (SSSR count). The molecule has 0 saturated heterocycles. The zero-order valence-electron chi connectivity index (χ0n) is 8.05. The van der Waals surface area contributed by atoms with Crippen molar-refractivity contribution in [2.45, 2.75) is 0 Å². The summed E-state index contributed by atoms with van der Waals surface area (Å²) in [6.07, 6.45) is 1.45. The van der Waals surface area contributed by atoms with Crippen LogP contribution in [-0.4, -0.2) is 4.98 Å². The van der Waals surface area contributed by atoms with Crippen LogP contribution in [0.25, 0.3) is 11.1 Å². The molecule has 5 heteroatoms. The lowest BCUT2D eigenvalue weighted by Crippen LogP contribution is -1.92. The van der Waals surface area contributed by atoms with Crippen molar-refractivity contribution in [1.29, 1.82) is 0 Å². The third-order valence-electron chi connectivity index (χ3n) is 2.13. The minimum absolute atomic E-state index is 0.0606. The molecule has 0 saturated carbocycles. The number of hydrogen-bond donors (Lipinski definition) is 1. The van der Waals surface area contributed by atoms with Crippen LogP contribution in [-0.2, 0) is 0 Å². The molecule has 1 heterocycles. The third kappa shape index (κ3) is 1.96. The second kappa shape index (κ2) is 4.28. The average Bonchev–Trinajstić information content (AvgIpc) is 2.26. The van der Waals surface area contributed by atoms with E-state index in [-0.39, 0.29) is 15.9 Å². The summed E-state index contributed by atoms with van der Waals surface area (Å²) >= 11 is 11.5. The molecule has 0 fully saturated rings. The quantitative estimate of drug-likeness (QED) is 0.844. The molecule has 0 aliphatic rings. The SMILES string of the molecule is Nc1ncc(-c2cccc(Cl)c2F)cc1Cl. The molecule has 0 atom stereocenters. The largest absolute Gasteiger partial charge is 0.382 e. The molecule has 82 valence electrons. The number of nitrogen functional groups attached to an aromatic ring is 1. The molecule has 0 aliphatic carbocycles. The molecule has 0 radical (unpaired) electrons. The first-order valence-corrected chi connectivity index (χ1v) is 5.20. The first-order valence-electron chi connectivity index (χ1n) is 4.45. The average molecular weight is 257 g/mol. The van der Waals surface area contributed by atoms with E-state index >= 15 is 0 Å². The van der Waals surface area contributed by atoms with Gasteiger partial charge in [-0.15, -0.1) is 0 Å². The van der Waals surface area contributed by atoms with Crippen molar-refractivity contribution in [3.8, 4) is 11.1 Å². The number of aromatic nitrogens is 1. The van der Waals surface area contributed by atoms with Gasteiger partial charge in [-0.3, -0.25) is 0 Å². The molecule has 0 amide bonds. The van der Waals surface area contributed by atoms with Crippen LogP contribution in [0.4, 0.5) is 10.2 Å². The van der Waals surface area contributed by atoms with Gasteiger partial charge in [0, 0.05) is 17.3 Å². The van der Waals surface area contributed by atoms with E-state index in [1.54, 1.807) is 18.2 Å². The molecule has 0 spiro atoms. The Bertz CT molecular complexity index is 544. The van der Waals surface area contributed by atoms with Crippen LogP contribution >= 0.6 is 23.2 Å². The van der Waals surface area contributed by atoms with Crippen LogP contribution in [0.5, 0.6) is 0 Å². The maximum atomic E-state index is 13.7. The highest BCUT2D eigenvalue weighted by atomic mass is 35.5. The molecule has 2 nitrogen and oxygen atoms in total. The fourth-order valence-corrected chi connectivity index (χ4v) is 1.66. The van der Waals surface area contributed by atoms with Crippen LogP contribution in [0.3, 0.4) is 0 Å². The van der Waals surface area contributed by atoms with Gasteiger partial charge in [-0.25, -0.2) is 9.37 Å². The van der Waals surface area contributed by atoms with Crippen molar-refractivity contribution in [2.24, 2.45) is 0 Å². The van der Waals surface area contributed by atoms with Crippen LogP contribution < -0.4 is 5.73 Å². The van der Waals surface area contributed by atoms with Crippen LogP contribution in [0, 0.1) is 5.82 Å². The van der Waals surface area contributed by atoms with Crippen molar-refractivity contribution >= 4 is 29.0 Å². The topological polar surface area (TPSA) is 38.9 Å². The lowest BCUT2D eigenvalue weighted by atomic mass is 10.1. The number of nitrogens with zero attached hydrogens (tertiary/aromatic N) is 1. The van der Waals surface area contributed by atoms with Gasteiger partial charge in [-0.2, -0.15) is 0 Å². The summed E-state index contributed by atoms with van der Waals surface area (Å²) in [6.45, 7) is 0. The first-order chi connectivity index (χ1) is 7.59. The molecular weight excluding hydrogens is 250 g/mol. The normalized spacial score (nSPS) is 10.4. The monoisotopic (exact) mass is 256 g/mol. The van der Waals surface area contributed by atoms with E-state index in [0.29, 0.717) is 11.1 Å². The van der Waals surface area contributed by atoms with Gasteiger partial charge in [0.1, 0.15) is 11.6 Å². The molecule has 16 heavy (non-hydrogen) atoms. The summed E-state index contributed by atoms with van der Waals surface area (Å²) in [6, 6.07) is 6.29. The summed E-state index contributed by atoms with van der Waals surface area (Å²) in [5.41, 5.74) is 6.36. The molecular formula is C11H7Cl2FN2. The number of hydrogen-bond acceptors (Lipinski definition) is 2. The maximum Gasteiger partial charge on any atom is 0.149 e. The molecule has 1 aromatic heterocycles. The van der Waals surface area contributed by atoms with Crippen molar-refractivity contribution in [3.63, 3.8) is 0 Å². The predicted molar refractivity (Wildman–Crippen MR) is 64.1 cm³/mol. The van der Waals surface area contributed by atoms with Gasteiger partial charge in [0.25, 0.3) is 0 Å². The zero-order valence-corrected chi connectivity index (χ0v) is 9.56. The second-order valence-electron chi connectivity index (χ2n) is 3.19. The number of anilines is 1. The Morgan fingerprint density at radius 1 is 1.19 bits per heavy atom. The van der Waals surface area contributed by atoms with Crippen LogP contribution in [0.1, 0.15) is 0 Å². The Morgan fingerprint density at radius 3 is 2.62 bits per heavy atom. The highest BCUT2D eigenvalue weighted by molar-refractivity contribution is 6.33. The summed E-state index contributed by atoms with van der Waals surface area (Å²) in [7, 11) is 0. The van der Waals surface area contributed by atoms with Crippen molar-refractivity contribution in [2.75, 3.05) is 5.73 Å². The number of benzene rings is 1. The summed E-state index contributed by atoms with van der Waals surface area (Å²) < 4.78 is 13.7. The van der Waals surface area contributed by atoms with E-state index < -0.39 is 5.82 Å². The first kappa shape index (κ1) is 11.2. The van der Waals surface area contributed by atoms with Gasteiger partial charge >= 0.3 is 0 Å². The fourth-order valence-electron chi connectivity index (χ4n) is 1.32. The minimum Gasteiger partial charge on any atom is -0.382 e. The number of pyridine rings is 1. The van der Waals surface area contributed by atoms with Crippen molar-refractivity contribution in [3.05, 3.63) is 46.3 Å². The Kier molecular flexibility index (Phi) is 2.99. The Morgan fingerprint density at radius 2 is 1.94 bits per heavy atom. The highest BCUT2D eigenvalue weighted by Gasteiger charge is 2.10. The van der Waals surface area contributed by atoms with Gasteiger partial charge in [-0.1, -0.05) is 35.3 Å². The van der Waals surface area contributed by atoms with Crippen LogP contribution in [0.15, 0.2) is 30.5 Å². The lowest BCUT2D eigenvalue weighted by molar-refractivity contribution is 0.631. The maximum absolute atomic E-state index is 13.7. The number of halogens is 3. The number of nitrogens with two attached hydrogens (primary N) is 1. The summed E-state index contributed by atoms with van der Waals surface area (Å²) in [4.78, 5) is 3.86. The predicted octanol–water partition coefficient (Wildman–Crippen LogP) is 3.78. The third-order valence-corrected chi connectivity index (χ3v) is 2.73.